The predicted molar refractivity (Wildman–Crippen MR) is 114 cm³/mol. The van der Waals surface area contributed by atoms with E-state index in [9.17, 15) is 14.3 Å². The van der Waals surface area contributed by atoms with Crippen LogP contribution in [0.5, 0.6) is 0 Å². The molecule has 4 nitrogen and oxygen atoms in total. The molecule has 1 heterocycles. The smallest absolute Gasteiger partial charge is 0.335 e. The molecule has 0 saturated carbocycles. The van der Waals surface area contributed by atoms with Crippen molar-refractivity contribution >= 4 is 22.6 Å². The fourth-order valence-electron chi connectivity index (χ4n) is 3.87. The molecule has 0 bridgehead atoms. The van der Waals surface area contributed by atoms with E-state index in [2.05, 4.69) is 18.4 Å². The summed E-state index contributed by atoms with van der Waals surface area (Å²) in [7, 11) is 0. The highest BCUT2D eigenvalue weighted by atomic mass is 19.1. The van der Waals surface area contributed by atoms with Crippen LogP contribution in [0.2, 0.25) is 0 Å². The lowest BCUT2D eigenvalue weighted by Gasteiger charge is -2.16. The highest BCUT2D eigenvalue weighted by Gasteiger charge is 2.23. The fourth-order valence-corrected chi connectivity index (χ4v) is 3.87. The Morgan fingerprint density at radius 2 is 1.66 bits per heavy atom. The Kier molecular flexibility index (Phi) is 4.59. The number of hydrogen-bond donors (Lipinski definition) is 2. The molecule has 0 aliphatic carbocycles. The minimum absolute atomic E-state index is 0.140. The second-order valence-corrected chi connectivity index (χ2v) is 7.35. The Balaban J connectivity index is 2.09. The van der Waals surface area contributed by atoms with E-state index in [4.69, 9.17) is 5.73 Å². The zero-order valence-corrected chi connectivity index (χ0v) is 16.2. The first kappa shape index (κ1) is 18.7. The number of anilines is 1. The van der Waals surface area contributed by atoms with Crippen LogP contribution in [0.15, 0.2) is 66.7 Å². The van der Waals surface area contributed by atoms with E-state index in [0.29, 0.717) is 5.69 Å². The molecule has 0 atom stereocenters. The number of benzene rings is 3. The molecular weight excluding hydrogens is 367 g/mol. The van der Waals surface area contributed by atoms with Crippen molar-refractivity contribution in [2.24, 2.45) is 0 Å². The lowest BCUT2D eigenvalue weighted by Crippen LogP contribution is -2.03. The van der Waals surface area contributed by atoms with Crippen LogP contribution in [0, 0.1) is 5.82 Å². The standard InChI is InChI=1S/C24H21FN2O2/c1-14(2)23-21(15-6-8-16(9-7-15)24(28)29)22-19(26)4-3-5-20(22)27(23)18-12-10-17(25)11-13-18/h3-14H,26H2,1-2H3,(H,28,29). The number of aromatic carboxylic acids is 1. The number of carboxylic acid groups (broad SMARTS) is 1. The second kappa shape index (κ2) is 7.09. The first-order valence-corrected chi connectivity index (χ1v) is 9.41. The van der Waals surface area contributed by atoms with Crippen molar-refractivity contribution < 1.29 is 14.3 Å². The van der Waals surface area contributed by atoms with Crippen LogP contribution in [-0.4, -0.2) is 15.6 Å². The number of hydrogen-bond acceptors (Lipinski definition) is 2. The van der Waals surface area contributed by atoms with Gasteiger partial charge in [0.05, 0.1) is 11.1 Å². The van der Waals surface area contributed by atoms with Gasteiger partial charge in [0.25, 0.3) is 0 Å². The Morgan fingerprint density at radius 1 is 1.00 bits per heavy atom. The van der Waals surface area contributed by atoms with Crippen molar-refractivity contribution in [1.29, 1.82) is 0 Å². The van der Waals surface area contributed by atoms with E-state index in [1.54, 1.807) is 24.3 Å². The first-order valence-electron chi connectivity index (χ1n) is 9.41. The number of nitrogens with zero attached hydrogens (tertiary/aromatic N) is 1. The molecule has 0 radical (unpaired) electrons. The summed E-state index contributed by atoms with van der Waals surface area (Å²) in [5.41, 5.74) is 11.9. The van der Waals surface area contributed by atoms with Crippen LogP contribution in [-0.2, 0) is 0 Å². The Morgan fingerprint density at radius 3 is 2.24 bits per heavy atom. The number of fused-ring (bicyclic) bond motifs is 1. The summed E-state index contributed by atoms with van der Waals surface area (Å²) in [5, 5.41) is 10.1. The highest BCUT2D eigenvalue weighted by Crippen LogP contribution is 2.42. The zero-order chi connectivity index (χ0) is 20.7. The number of nitrogen functional groups attached to an aromatic ring is 1. The van der Waals surface area contributed by atoms with E-state index in [0.717, 1.165) is 33.4 Å². The fraction of sp³-hybridized carbons (Fsp3) is 0.125. The summed E-state index contributed by atoms with van der Waals surface area (Å²) in [6, 6.07) is 19.0. The molecule has 4 rings (SSSR count). The topological polar surface area (TPSA) is 68.2 Å². The maximum atomic E-state index is 13.5. The van der Waals surface area contributed by atoms with Crippen molar-refractivity contribution in [2.75, 3.05) is 5.73 Å². The molecule has 0 unspecified atom stereocenters. The number of rotatable bonds is 4. The van der Waals surface area contributed by atoms with E-state index in [1.165, 1.54) is 12.1 Å². The molecule has 0 aliphatic rings. The molecule has 4 aromatic rings. The highest BCUT2D eigenvalue weighted by molar-refractivity contribution is 6.06. The van der Waals surface area contributed by atoms with E-state index in [-0.39, 0.29) is 17.3 Å². The molecule has 0 amide bonds. The molecule has 0 aliphatic heterocycles. The summed E-state index contributed by atoms with van der Waals surface area (Å²) in [6.07, 6.45) is 0. The number of carbonyl (C=O) groups is 1. The zero-order valence-electron chi connectivity index (χ0n) is 16.2. The summed E-state index contributed by atoms with van der Waals surface area (Å²) in [4.78, 5) is 11.3. The van der Waals surface area contributed by atoms with Gasteiger partial charge in [-0.05, 0) is 60.0 Å². The Labute approximate surface area is 168 Å². The third-order valence-electron chi connectivity index (χ3n) is 5.11. The molecule has 146 valence electrons. The van der Waals surface area contributed by atoms with Crippen LogP contribution in [0.25, 0.3) is 27.7 Å². The van der Waals surface area contributed by atoms with Crippen LogP contribution < -0.4 is 5.73 Å². The molecule has 0 fully saturated rings. The summed E-state index contributed by atoms with van der Waals surface area (Å²) in [5.74, 6) is -1.12. The molecule has 1 aromatic heterocycles. The van der Waals surface area contributed by atoms with E-state index >= 15 is 0 Å². The predicted octanol–water partition coefficient (Wildman–Crippen LogP) is 5.84. The van der Waals surface area contributed by atoms with Crippen LogP contribution in [0.3, 0.4) is 0 Å². The Bertz CT molecular complexity index is 1210. The number of nitrogens with two attached hydrogens (primary N) is 1. The average molecular weight is 388 g/mol. The maximum Gasteiger partial charge on any atom is 0.335 e. The van der Waals surface area contributed by atoms with Gasteiger partial charge in [-0.1, -0.05) is 32.0 Å². The lowest BCUT2D eigenvalue weighted by molar-refractivity contribution is 0.0697. The third-order valence-corrected chi connectivity index (χ3v) is 5.11. The minimum Gasteiger partial charge on any atom is -0.478 e. The average Bonchev–Trinajstić information content (AvgIpc) is 3.05. The van der Waals surface area contributed by atoms with Gasteiger partial charge in [-0.25, -0.2) is 9.18 Å². The Hall–Kier alpha value is -3.60. The van der Waals surface area contributed by atoms with Gasteiger partial charge in [-0.2, -0.15) is 0 Å². The molecule has 29 heavy (non-hydrogen) atoms. The molecule has 5 heteroatoms. The number of halogens is 1. The van der Waals surface area contributed by atoms with Crippen LogP contribution in [0.1, 0.15) is 35.8 Å². The van der Waals surface area contributed by atoms with Gasteiger partial charge in [0.1, 0.15) is 5.82 Å². The van der Waals surface area contributed by atoms with E-state index < -0.39 is 5.97 Å². The normalized spacial score (nSPS) is 11.3. The summed E-state index contributed by atoms with van der Waals surface area (Å²) in [6.45, 7) is 4.19. The number of carboxylic acids is 1. The SMILES string of the molecule is CC(C)c1c(-c2ccc(C(=O)O)cc2)c2c(N)cccc2n1-c1ccc(F)cc1. The van der Waals surface area contributed by atoms with E-state index in [1.807, 2.05) is 30.3 Å². The van der Waals surface area contributed by atoms with Gasteiger partial charge in [0, 0.05) is 28.0 Å². The second-order valence-electron chi connectivity index (χ2n) is 7.35. The summed E-state index contributed by atoms with van der Waals surface area (Å²) >= 11 is 0. The van der Waals surface area contributed by atoms with Crippen molar-refractivity contribution in [1.82, 2.24) is 4.57 Å². The van der Waals surface area contributed by atoms with Gasteiger partial charge in [0.15, 0.2) is 0 Å². The van der Waals surface area contributed by atoms with Crippen molar-refractivity contribution in [2.45, 2.75) is 19.8 Å². The summed E-state index contributed by atoms with van der Waals surface area (Å²) < 4.78 is 15.6. The largest absolute Gasteiger partial charge is 0.478 e. The maximum absolute atomic E-state index is 13.5. The van der Waals surface area contributed by atoms with Crippen molar-refractivity contribution in [3.05, 3.63) is 83.8 Å². The first-order chi connectivity index (χ1) is 13.9. The van der Waals surface area contributed by atoms with Gasteiger partial charge < -0.3 is 15.4 Å². The van der Waals surface area contributed by atoms with Gasteiger partial charge in [0.2, 0.25) is 0 Å². The molecular formula is C24H21FN2O2. The van der Waals surface area contributed by atoms with Crippen molar-refractivity contribution in [3.63, 3.8) is 0 Å². The van der Waals surface area contributed by atoms with Crippen LogP contribution >= 0.6 is 0 Å². The minimum atomic E-state index is -0.964. The van der Waals surface area contributed by atoms with Crippen molar-refractivity contribution in [3.8, 4) is 16.8 Å². The van der Waals surface area contributed by atoms with Crippen LogP contribution in [0.4, 0.5) is 10.1 Å². The monoisotopic (exact) mass is 388 g/mol. The quantitative estimate of drug-likeness (QED) is 0.432. The molecule has 3 N–H and O–H groups in total. The third kappa shape index (κ3) is 3.14. The molecule has 0 spiro atoms. The lowest BCUT2D eigenvalue weighted by atomic mass is 9.95. The molecule has 0 saturated heterocycles. The van der Waals surface area contributed by atoms with Gasteiger partial charge in [-0.3, -0.25) is 0 Å². The van der Waals surface area contributed by atoms with Gasteiger partial charge in [-0.15, -0.1) is 0 Å². The molecule has 3 aromatic carbocycles. The van der Waals surface area contributed by atoms with Gasteiger partial charge >= 0.3 is 5.97 Å². The number of aromatic nitrogens is 1.